The lowest BCUT2D eigenvalue weighted by Crippen LogP contribution is -2.32. The Morgan fingerprint density at radius 2 is 1.94 bits per heavy atom. The summed E-state index contributed by atoms with van der Waals surface area (Å²) in [5.74, 6) is -1.42. The van der Waals surface area contributed by atoms with Crippen LogP contribution in [0.1, 0.15) is 10.4 Å². The SMILES string of the molecule is O=C(O)c1cn(-c2cncnc2)c(=O)[nH]c1=O. The van der Waals surface area contributed by atoms with Crippen LogP contribution in [0.4, 0.5) is 0 Å². The van der Waals surface area contributed by atoms with E-state index >= 15 is 0 Å². The number of nitrogens with one attached hydrogen (secondary N) is 1. The predicted octanol–water partition coefficient (Wildman–Crippen LogP) is -0.986. The zero-order chi connectivity index (χ0) is 12.4. The minimum absolute atomic E-state index is 0.260. The third kappa shape index (κ3) is 1.95. The van der Waals surface area contributed by atoms with Gasteiger partial charge in [-0.2, -0.15) is 0 Å². The highest BCUT2D eigenvalue weighted by atomic mass is 16.4. The molecule has 0 atom stereocenters. The van der Waals surface area contributed by atoms with Gasteiger partial charge in [0.25, 0.3) is 5.56 Å². The maximum atomic E-state index is 11.5. The van der Waals surface area contributed by atoms with Crippen LogP contribution in [0, 0.1) is 0 Å². The molecule has 0 aromatic carbocycles. The Kier molecular flexibility index (Phi) is 2.53. The summed E-state index contributed by atoms with van der Waals surface area (Å²) in [4.78, 5) is 42.7. The van der Waals surface area contributed by atoms with Crippen LogP contribution in [0.25, 0.3) is 5.69 Å². The Morgan fingerprint density at radius 1 is 1.29 bits per heavy atom. The first-order valence-corrected chi connectivity index (χ1v) is 4.44. The van der Waals surface area contributed by atoms with Gasteiger partial charge >= 0.3 is 11.7 Å². The Hall–Kier alpha value is -2.77. The van der Waals surface area contributed by atoms with E-state index < -0.39 is 22.8 Å². The number of H-pyrrole nitrogens is 1. The van der Waals surface area contributed by atoms with E-state index in [1.54, 1.807) is 0 Å². The van der Waals surface area contributed by atoms with E-state index in [4.69, 9.17) is 5.11 Å². The highest BCUT2D eigenvalue weighted by Gasteiger charge is 2.12. The number of carboxylic acid groups (broad SMARTS) is 1. The molecule has 8 heteroatoms. The van der Waals surface area contributed by atoms with Gasteiger partial charge in [-0.1, -0.05) is 0 Å². The number of aromatic amines is 1. The second kappa shape index (κ2) is 4.00. The molecule has 0 unspecified atom stereocenters. The first-order valence-electron chi connectivity index (χ1n) is 4.44. The Labute approximate surface area is 93.2 Å². The average Bonchev–Trinajstić information content (AvgIpc) is 2.29. The zero-order valence-electron chi connectivity index (χ0n) is 8.32. The molecular weight excluding hydrogens is 228 g/mol. The molecule has 86 valence electrons. The van der Waals surface area contributed by atoms with Gasteiger partial charge in [-0.15, -0.1) is 0 Å². The van der Waals surface area contributed by atoms with E-state index in [0.29, 0.717) is 0 Å². The lowest BCUT2D eigenvalue weighted by molar-refractivity contribution is 0.0694. The molecule has 0 aliphatic rings. The van der Waals surface area contributed by atoms with Gasteiger partial charge in [-0.3, -0.25) is 14.3 Å². The van der Waals surface area contributed by atoms with Gasteiger partial charge in [0, 0.05) is 6.20 Å². The Balaban J connectivity index is 2.72. The fourth-order valence-corrected chi connectivity index (χ4v) is 1.23. The molecule has 2 aromatic heterocycles. The zero-order valence-corrected chi connectivity index (χ0v) is 8.32. The molecule has 2 aromatic rings. The van der Waals surface area contributed by atoms with Crippen LogP contribution < -0.4 is 11.2 Å². The summed E-state index contributed by atoms with van der Waals surface area (Å²) in [6, 6.07) is 0. The summed E-state index contributed by atoms with van der Waals surface area (Å²) in [5.41, 5.74) is -1.98. The van der Waals surface area contributed by atoms with Crippen molar-refractivity contribution in [2.75, 3.05) is 0 Å². The van der Waals surface area contributed by atoms with E-state index in [1.165, 1.54) is 18.7 Å². The third-order valence-corrected chi connectivity index (χ3v) is 2.00. The molecular formula is C9H6N4O4. The third-order valence-electron chi connectivity index (χ3n) is 2.00. The number of carboxylic acids is 1. The van der Waals surface area contributed by atoms with Crippen LogP contribution >= 0.6 is 0 Å². The van der Waals surface area contributed by atoms with Gasteiger partial charge < -0.3 is 5.11 Å². The number of aromatic nitrogens is 4. The molecule has 2 N–H and O–H groups in total. The smallest absolute Gasteiger partial charge is 0.342 e. The summed E-state index contributed by atoms with van der Waals surface area (Å²) in [6.07, 6.45) is 4.83. The van der Waals surface area contributed by atoms with Crippen molar-refractivity contribution in [3.63, 3.8) is 0 Å². The van der Waals surface area contributed by atoms with Gasteiger partial charge in [0.05, 0.1) is 18.1 Å². The van der Waals surface area contributed by atoms with E-state index in [0.717, 1.165) is 10.8 Å². The fourth-order valence-electron chi connectivity index (χ4n) is 1.23. The van der Waals surface area contributed by atoms with Gasteiger partial charge in [-0.25, -0.2) is 19.6 Å². The molecule has 0 radical (unpaired) electrons. The fraction of sp³-hybridized carbons (Fsp3) is 0. The van der Waals surface area contributed by atoms with E-state index in [1.807, 2.05) is 4.98 Å². The van der Waals surface area contributed by atoms with Crippen molar-refractivity contribution in [2.45, 2.75) is 0 Å². The maximum absolute atomic E-state index is 11.5. The molecule has 17 heavy (non-hydrogen) atoms. The van der Waals surface area contributed by atoms with Crippen LogP contribution in [0.3, 0.4) is 0 Å². The monoisotopic (exact) mass is 234 g/mol. The van der Waals surface area contributed by atoms with Gasteiger partial charge in [0.2, 0.25) is 0 Å². The van der Waals surface area contributed by atoms with Crippen molar-refractivity contribution in [2.24, 2.45) is 0 Å². The number of rotatable bonds is 2. The summed E-state index contributed by atoms with van der Waals surface area (Å²) in [7, 11) is 0. The van der Waals surface area contributed by atoms with Crippen LogP contribution in [-0.4, -0.2) is 30.6 Å². The maximum Gasteiger partial charge on any atom is 0.342 e. The second-order valence-corrected chi connectivity index (χ2v) is 3.07. The molecule has 0 fully saturated rings. The van der Waals surface area contributed by atoms with Crippen molar-refractivity contribution in [3.05, 3.63) is 51.3 Å². The first-order chi connectivity index (χ1) is 8.09. The van der Waals surface area contributed by atoms with Crippen molar-refractivity contribution >= 4 is 5.97 Å². The van der Waals surface area contributed by atoms with Gasteiger partial charge in [0.15, 0.2) is 0 Å². The predicted molar refractivity (Wildman–Crippen MR) is 55.2 cm³/mol. The van der Waals surface area contributed by atoms with E-state index in [-0.39, 0.29) is 5.69 Å². The van der Waals surface area contributed by atoms with E-state index in [2.05, 4.69) is 9.97 Å². The number of carbonyl (C=O) groups is 1. The topological polar surface area (TPSA) is 118 Å². The van der Waals surface area contributed by atoms with Crippen molar-refractivity contribution in [3.8, 4) is 5.69 Å². The van der Waals surface area contributed by atoms with Crippen molar-refractivity contribution in [1.29, 1.82) is 0 Å². The second-order valence-electron chi connectivity index (χ2n) is 3.07. The molecule has 0 aliphatic carbocycles. The van der Waals surface area contributed by atoms with Gasteiger partial charge in [0.1, 0.15) is 11.9 Å². The standard InChI is InChI=1S/C9H6N4O4/c14-7-6(8(15)16)3-13(9(17)12-7)5-1-10-4-11-2-5/h1-4H,(H,15,16)(H,12,14,17). The highest BCUT2D eigenvalue weighted by molar-refractivity contribution is 5.86. The molecule has 2 heterocycles. The Morgan fingerprint density at radius 3 is 2.53 bits per heavy atom. The molecule has 0 bridgehead atoms. The number of aromatic carboxylic acids is 1. The molecule has 8 nitrogen and oxygen atoms in total. The molecule has 0 saturated carbocycles. The largest absolute Gasteiger partial charge is 0.477 e. The first kappa shape index (κ1) is 10.7. The quantitative estimate of drug-likeness (QED) is 0.689. The normalized spacial score (nSPS) is 10.1. The number of hydrogen-bond acceptors (Lipinski definition) is 5. The van der Waals surface area contributed by atoms with Crippen LogP contribution in [0.5, 0.6) is 0 Å². The van der Waals surface area contributed by atoms with Crippen LogP contribution in [-0.2, 0) is 0 Å². The van der Waals surface area contributed by atoms with Crippen molar-refractivity contribution < 1.29 is 9.90 Å². The van der Waals surface area contributed by atoms with Crippen molar-refractivity contribution in [1.82, 2.24) is 19.5 Å². The lowest BCUT2D eigenvalue weighted by atomic mass is 10.3. The molecule has 2 rings (SSSR count). The van der Waals surface area contributed by atoms with E-state index in [9.17, 15) is 14.4 Å². The summed E-state index contributed by atoms with van der Waals surface area (Å²) >= 11 is 0. The number of nitrogens with zero attached hydrogens (tertiary/aromatic N) is 3. The molecule has 0 amide bonds. The van der Waals surface area contributed by atoms with Gasteiger partial charge in [-0.05, 0) is 0 Å². The molecule has 0 saturated heterocycles. The summed E-state index contributed by atoms with van der Waals surface area (Å²) in [6.45, 7) is 0. The minimum atomic E-state index is -1.42. The molecule has 0 spiro atoms. The summed E-state index contributed by atoms with van der Waals surface area (Å²) in [5, 5.41) is 8.76. The average molecular weight is 234 g/mol. The summed E-state index contributed by atoms with van der Waals surface area (Å²) < 4.78 is 0.949. The van der Waals surface area contributed by atoms with Crippen LogP contribution in [0.2, 0.25) is 0 Å². The molecule has 0 aliphatic heterocycles. The lowest BCUT2D eigenvalue weighted by Gasteiger charge is -2.03. The highest BCUT2D eigenvalue weighted by Crippen LogP contribution is 1.99. The Bertz CT molecular complexity index is 673. The van der Waals surface area contributed by atoms with Crippen LogP contribution in [0.15, 0.2) is 34.5 Å². The minimum Gasteiger partial charge on any atom is -0.477 e. The number of hydrogen-bond donors (Lipinski definition) is 2.